The van der Waals surface area contributed by atoms with E-state index in [4.69, 9.17) is 16.2 Å². The highest BCUT2D eigenvalue weighted by molar-refractivity contribution is 5.44. The van der Waals surface area contributed by atoms with Gasteiger partial charge in [0.05, 0.1) is 6.33 Å². The quantitative estimate of drug-likeness (QED) is 0.699. The Bertz CT molecular complexity index is 432. The average molecular weight is 238 g/mol. The van der Waals surface area contributed by atoms with E-state index in [1.807, 2.05) is 0 Å². The van der Waals surface area contributed by atoms with Gasteiger partial charge in [-0.2, -0.15) is 0 Å². The van der Waals surface area contributed by atoms with Crippen LogP contribution in [0.1, 0.15) is 25.7 Å². The van der Waals surface area contributed by atoms with Crippen LogP contribution in [0, 0.1) is 5.92 Å². The van der Waals surface area contributed by atoms with Crippen molar-refractivity contribution in [3.05, 3.63) is 16.7 Å². The van der Waals surface area contributed by atoms with Crippen molar-refractivity contribution in [2.75, 3.05) is 12.3 Å². The lowest BCUT2D eigenvalue weighted by Gasteiger charge is -2.30. The molecule has 1 fully saturated rings. The lowest BCUT2D eigenvalue weighted by molar-refractivity contribution is 0.0929. The van der Waals surface area contributed by atoms with Crippen LogP contribution < -0.4 is 21.8 Å². The third-order valence-corrected chi connectivity index (χ3v) is 3.26. The van der Waals surface area contributed by atoms with Gasteiger partial charge in [-0.05, 0) is 25.8 Å². The minimum absolute atomic E-state index is 0.0188. The number of hydrogen-bond acceptors (Lipinski definition) is 5. The molecule has 1 aliphatic rings. The molecule has 5 N–H and O–H groups in total. The molecule has 2 atom stereocenters. The number of aromatic nitrogens is 2. The van der Waals surface area contributed by atoms with Crippen molar-refractivity contribution in [3.8, 4) is 5.88 Å². The predicted molar refractivity (Wildman–Crippen MR) is 64.7 cm³/mol. The summed E-state index contributed by atoms with van der Waals surface area (Å²) < 4.78 is 5.73. The van der Waals surface area contributed by atoms with Crippen LogP contribution in [-0.2, 0) is 0 Å². The molecule has 6 nitrogen and oxygen atoms in total. The van der Waals surface area contributed by atoms with Crippen molar-refractivity contribution >= 4 is 5.69 Å². The summed E-state index contributed by atoms with van der Waals surface area (Å²) in [6.45, 7) is 0.591. The van der Waals surface area contributed by atoms with Gasteiger partial charge in [0.25, 0.3) is 5.56 Å². The molecule has 0 bridgehead atoms. The van der Waals surface area contributed by atoms with E-state index in [9.17, 15) is 4.79 Å². The van der Waals surface area contributed by atoms with Gasteiger partial charge >= 0.3 is 0 Å². The Hall–Kier alpha value is -1.56. The van der Waals surface area contributed by atoms with Crippen LogP contribution in [0.3, 0.4) is 0 Å². The number of nitrogens with one attached hydrogen (secondary N) is 1. The normalized spacial score (nSPS) is 24.5. The summed E-state index contributed by atoms with van der Waals surface area (Å²) in [5.41, 5.74) is 11.0. The summed E-state index contributed by atoms with van der Waals surface area (Å²) in [5, 5.41) is 0. The molecule has 1 aromatic heterocycles. The highest BCUT2D eigenvalue weighted by Crippen LogP contribution is 2.28. The second-order valence-electron chi connectivity index (χ2n) is 4.39. The monoisotopic (exact) mass is 238 g/mol. The van der Waals surface area contributed by atoms with Gasteiger partial charge < -0.3 is 21.2 Å². The second-order valence-corrected chi connectivity index (χ2v) is 4.39. The lowest BCUT2D eigenvalue weighted by Crippen LogP contribution is -2.36. The number of nitrogens with zero attached hydrogens (tertiary/aromatic N) is 1. The number of hydrogen-bond donors (Lipinski definition) is 3. The molecule has 0 spiro atoms. The highest BCUT2D eigenvalue weighted by Gasteiger charge is 2.26. The van der Waals surface area contributed by atoms with Crippen LogP contribution in [0.25, 0.3) is 0 Å². The highest BCUT2D eigenvalue weighted by atomic mass is 16.5. The Morgan fingerprint density at radius 3 is 3.00 bits per heavy atom. The molecule has 1 heterocycles. The van der Waals surface area contributed by atoms with E-state index >= 15 is 0 Å². The summed E-state index contributed by atoms with van der Waals surface area (Å²) in [5.74, 6) is 0.545. The van der Waals surface area contributed by atoms with Crippen molar-refractivity contribution in [3.63, 3.8) is 0 Å². The van der Waals surface area contributed by atoms with E-state index in [1.54, 1.807) is 0 Å². The van der Waals surface area contributed by atoms with Crippen LogP contribution in [-0.4, -0.2) is 22.6 Å². The van der Waals surface area contributed by atoms with Crippen LogP contribution >= 0.6 is 0 Å². The van der Waals surface area contributed by atoms with Crippen molar-refractivity contribution in [2.24, 2.45) is 11.7 Å². The first-order valence-corrected chi connectivity index (χ1v) is 5.92. The zero-order valence-corrected chi connectivity index (χ0v) is 9.69. The standard InChI is InChI=1S/C11H18N4O2/c12-5-7-3-1-2-4-8(7)17-11-9(13)10(16)14-6-15-11/h6-8H,1-5,12-13H2,(H,14,15,16). The SMILES string of the molecule is NCC1CCCCC1Oc1nc[nH]c(=O)c1N. The van der Waals surface area contributed by atoms with Gasteiger partial charge in [0, 0.05) is 5.92 Å². The first kappa shape index (κ1) is 11.9. The van der Waals surface area contributed by atoms with Gasteiger partial charge in [-0.15, -0.1) is 0 Å². The van der Waals surface area contributed by atoms with Crippen molar-refractivity contribution in [1.82, 2.24) is 9.97 Å². The van der Waals surface area contributed by atoms with Crippen LogP contribution in [0.4, 0.5) is 5.69 Å². The zero-order valence-electron chi connectivity index (χ0n) is 9.69. The summed E-state index contributed by atoms with van der Waals surface area (Å²) in [7, 11) is 0. The van der Waals surface area contributed by atoms with Gasteiger partial charge in [0.15, 0.2) is 5.69 Å². The number of nitrogens with two attached hydrogens (primary N) is 2. The molecule has 1 saturated carbocycles. The minimum Gasteiger partial charge on any atom is -0.472 e. The fraction of sp³-hybridized carbons (Fsp3) is 0.636. The largest absolute Gasteiger partial charge is 0.472 e. The van der Waals surface area contributed by atoms with E-state index < -0.39 is 0 Å². The Balaban J connectivity index is 2.13. The third-order valence-electron chi connectivity index (χ3n) is 3.26. The molecule has 0 amide bonds. The van der Waals surface area contributed by atoms with E-state index in [1.165, 1.54) is 12.7 Å². The average Bonchev–Trinajstić information content (AvgIpc) is 2.35. The smallest absolute Gasteiger partial charge is 0.277 e. The molecule has 0 radical (unpaired) electrons. The third kappa shape index (κ3) is 2.58. The first-order chi connectivity index (χ1) is 8.22. The van der Waals surface area contributed by atoms with Crippen molar-refractivity contribution in [2.45, 2.75) is 31.8 Å². The Morgan fingerprint density at radius 2 is 2.24 bits per heavy atom. The molecule has 0 aromatic carbocycles. The second kappa shape index (κ2) is 5.18. The topological polar surface area (TPSA) is 107 Å². The molecule has 17 heavy (non-hydrogen) atoms. The van der Waals surface area contributed by atoms with Gasteiger partial charge in [-0.1, -0.05) is 6.42 Å². The molecule has 1 aromatic rings. The van der Waals surface area contributed by atoms with Crippen LogP contribution in [0.5, 0.6) is 5.88 Å². The number of H-pyrrole nitrogens is 1. The number of nitrogen functional groups attached to an aromatic ring is 1. The molecular formula is C11H18N4O2. The number of anilines is 1. The lowest BCUT2D eigenvalue weighted by atomic mass is 9.86. The van der Waals surface area contributed by atoms with Gasteiger partial charge in [0.1, 0.15) is 6.10 Å². The predicted octanol–water partition coefficient (Wildman–Crippen LogP) is 0.248. The van der Waals surface area contributed by atoms with Crippen molar-refractivity contribution in [1.29, 1.82) is 0 Å². The molecule has 2 rings (SSSR count). The van der Waals surface area contributed by atoms with Crippen LogP contribution in [0.15, 0.2) is 11.1 Å². The summed E-state index contributed by atoms with van der Waals surface area (Å²) in [6.07, 6.45) is 5.61. The summed E-state index contributed by atoms with van der Waals surface area (Å²) in [6, 6.07) is 0. The first-order valence-electron chi connectivity index (χ1n) is 5.92. The maximum atomic E-state index is 11.3. The molecular weight excluding hydrogens is 220 g/mol. The Kier molecular flexibility index (Phi) is 3.63. The van der Waals surface area contributed by atoms with E-state index in [2.05, 4.69) is 9.97 Å². The van der Waals surface area contributed by atoms with Gasteiger partial charge in [0.2, 0.25) is 5.88 Å². The molecule has 0 saturated heterocycles. The Morgan fingerprint density at radius 1 is 1.47 bits per heavy atom. The zero-order chi connectivity index (χ0) is 12.3. The maximum absolute atomic E-state index is 11.3. The maximum Gasteiger partial charge on any atom is 0.277 e. The summed E-state index contributed by atoms with van der Waals surface area (Å²) >= 11 is 0. The fourth-order valence-electron chi connectivity index (χ4n) is 2.23. The molecule has 1 aliphatic carbocycles. The summed E-state index contributed by atoms with van der Waals surface area (Å²) in [4.78, 5) is 17.7. The van der Waals surface area contributed by atoms with Gasteiger partial charge in [-0.3, -0.25) is 4.79 Å². The fourth-order valence-corrected chi connectivity index (χ4v) is 2.23. The van der Waals surface area contributed by atoms with Gasteiger partial charge in [-0.25, -0.2) is 4.98 Å². The number of aromatic amines is 1. The Labute approximate surface area is 99.4 Å². The van der Waals surface area contributed by atoms with E-state index in [0.29, 0.717) is 12.5 Å². The van der Waals surface area contributed by atoms with E-state index in [-0.39, 0.29) is 23.2 Å². The van der Waals surface area contributed by atoms with E-state index in [0.717, 1.165) is 19.3 Å². The van der Waals surface area contributed by atoms with Crippen LogP contribution in [0.2, 0.25) is 0 Å². The number of rotatable bonds is 3. The molecule has 94 valence electrons. The number of ether oxygens (including phenoxy) is 1. The minimum atomic E-state index is -0.366. The molecule has 0 aliphatic heterocycles. The molecule has 2 unspecified atom stereocenters. The van der Waals surface area contributed by atoms with Crippen molar-refractivity contribution < 1.29 is 4.74 Å². The molecule has 6 heteroatoms.